The van der Waals surface area contributed by atoms with Gasteiger partial charge in [-0.05, 0) is 97.5 Å². The van der Waals surface area contributed by atoms with E-state index in [0.717, 1.165) is 49.7 Å². The van der Waals surface area contributed by atoms with Crippen LogP contribution in [0.2, 0.25) is 0 Å². The van der Waals surface area contributed by atoms with Gasteiger partial charge in [0.25, 0.3) is 10.0 Å². The van der Waals surface area contributed by atoms with E-state index < -0.39 is 36.3 Å². The van der Waals surface area contributed by atoms with E-state index in [1.165, 1.54) is 36.0 Å². The number of carboxylic acids is 1. The number of hydrogen-bond acceptors (Lipinski definition) is 7. The van der Waals surface area contributed by atoms with E-state index in [1.54, 1.807) is 48.5 Å². The van der Waals surface area contributed by atoms with E-state index in [4.69, 9.17) is 5.73 Å². The smallest absolute Gasteiger partial charge is 0.337 e. The maximum Gasteiger partial charge on any atom is 0.337 e. The Kier molecular flexibility index (Phi) is 10.8. The number of carboxylic acid groups (broad SMARTS) is 1. The molecule has 8 nitrogen and oxygen atoms in total. The molecule has 11 heteroatoms. The maximum atomic E-state index is 13.5. The van der Waals surface area contributed by atoms with Crippen LogP contribution in [0.4, 0.5) is 11.4 Å². The number of benzene rings is 4. The molecule has 4 aromatic carbocycles. The van der Waals surface area contributed by atoms with Gasteiger partial charge in [-0.1, -0.05) is 62.7 Å². The highest BCUT2D eigenvalue weighted by Gasteiger charge is 2.28. The Labute approximate surface area is 263 Å². The van der Waals surface area contributed by atoms with Gasteiger partial charge in [-0.3, -0.25) is 4.72 Å². The van der Waals surface area contributed by atoms with Crippen molar-refractivity contribution < 1.29 is 26.7 Å². The highest BCUT2D eigenvalue weighted by Crippen LogP contribution is 2.37. The number of nitrogens with one attached hydrogen (secondary N) is 1. The summed E-state index contributed by atoms with van der Waals surface area (Å²) in [5.41, 5.74) is 8.03. The quantitative estimate of drug-likeness (QED) is 0.119. The maximum absolute atomic E-state index is 13.5. The molecule has 0 aliphatic heterocycles. The molecule has 4 aromatic rings. The van der Waals surface area contributed by atoms with E-state index in [1.807, 2.05) is 12.1 Å². The van der Waals surface area contributed by atoms with E-state index in [9.17, 15) is 26.7 Å². The van der Waals surface area contributed by atoms with Gasteiger partial charge in [-0.15, -0.1) is 0 Å². The third kappa shape index (κ3) is 8.02. The van der Waals surface area contributed by atoms with Crippen LogP contribution in [0.25, 0.3) is 0 Å². The molecule has 0 amide bonds. The first-order chi connectivity index (χ1) is 20.9. The lowest BCUT2D eigenvalue weighted by atomic mass is 10.1. The number of nitrogens with two attached hydrogens (primary N) is 1. The van der Waals surface area contributed by atoms with Gasteiger partial charge >= 0.3 is 5.97 Å². The third-order valence-electron chi connectivity index (χ3n) is 7.04. The summed E-state index contributed by atoms with van der Waals surface area (Å²) in [5, 5.41) is 9.93. The molecule has 0 saturated heterocycles. The lowest BCUT2D eigenvalue weighted by Gasteiger charge is -2.14. The Hall–Kier alpha value is -3.80. The summed E-state index contributed by atoms with van der Waals surface area (Å²) in [4.78, 5) is 13.0. The standard InChI is InChI=1S/C33H36N2O6S3/c1-3-5-7-23-9-17-28(18-10-23)43(38,39)32-30(33(36)37)21-27(22-31(32)34)42-26-15-13-25(14-16-26)35-44(40,41)29-19-11-24(12-20-29)8-6-4-2/h9-22,35H,3-8,34H2,1-2H3,(H,36,37). The molecule has 0 atom stereocenters. The van der Waals surface area contributed by atoms with Gasteiger partial charge in [0.2, 0.25) is 9.84 Å². The van der Waals surface area contributed by atoms with Crippen LogP contribution < -0.4 is 10.5 Å². The molecule has 232 valence electrons. The molecule has 0 bridgehead atoms. The number of hydrogen-bond donors (Lipinski definition) is 3. The average molecular weight is 653 g/mol. The van der Waals surface area contributed by atoms with E-state index in [0.29, 0.717) is 15.5 Å². The normalized spacial score (nSPS) is 11.8. The fraction of sp³-hybridized carbons (Fsp3) is 0.242. The summed E-state index contributed by atoms with van der Waals surface area (Å²) in [6.45, 7) is 4.18. The molecule has 0 heterocycles. The van der Waals surface area contributed by atoms with Crippen LogP contribution >= 0.6 is 11.8 Å². The Morgan fingerprint density at radius 2 is 1.27 bits per heavy atom. The number of sulfone groups is 1. The van der Waals surface area contributed by atoms with E-state index in [-0.39, 0.29) is 15.5 Å². The van der Waals surface area contributed by atoms with Crippen molar-refractivity contribution in [3.63, 3.8) is 0 Å². The Morgan fingerprint density at radius 3 is 1.77 bits per heavy atom. The molecule has 0 aromatic heterocycles. The fourth-order valence-corrected chi connectivity index (χ4v) is 8.13. The van der Waals surface area contributed by atoms with Gasteiger partial charge in [0.1, 0.15) is 4.90 Å². The SMILES string of the molecule is CCCCc1ccc(S(=O)(=O)Nc2ccc(Sc3cc(N)c(S(=O)(=O)c4ccc(CCCC)cc4)c(C(=O)O)c3)cc2)cc1. The highest BCUT2D eigenvalue weighted by molar-refractivity contribution is 7.99. The van der Waals surface area contributed by atoms with Crippen molar-refractivity contribution in [2.75, 3.05) is 10.5 Å². The van der Waals surface area contributed by atoms with Crippen LogP contribution in [0.5, 0.6) is 0 Å². The molecule has 4 N–H and O–H groups in total. The molecule has 0 spiro atoms. The van der Waals surface area contributed by atoms with Crippen molar-refractivity contribution in [1.82, 2.24) is 0 Å². The summed E-state index contributed by atoms with van der Waals surface area (Å²) < 4.78 is 55.3. The third-order valence-corrected chi connectivity index (χ3v) is 11.3. The van der Waals surface area contributed by atoms with Gasteiger partial charge in [0.15, 0.2) is 0 Å². The number of rotatable bonds is 14. The van der Waals surface area contributed by atoms with Crippen molar-refractivity contribution in [1.29, 1.82) is 0 Å². The zero-order valence-electron chi connectivity index (χ0n) is 24.6. The van der Waals surface area contributed by atoms with Gasteiger partial charge in [0.05, 0.1) is 21.0 Å². The van der Waals surface area contributed by atoms with Gasteiger partial charge in [-0.25, -0.2) is 21.6 Å². The Bertz CT molecular complexity index is 1820. The van der Waals surface area contributed by atoms with Crippen LogP contribution in [0.15, 0.2) is 109 Å². The predicted molar refractivity (Wildman–Crippen MR) is 175 cm³/mol. The predicted octanol–water partition coefficient (Wildman–Crippen LogP) is 7.44. The fourth-order valence-electron chi connectivity index (χ4n) is 4.63. The topological polar surface area (TPSA) is 144 Å². The lowest BCUT2D eigenvalue weighted by Crippen LogP contribution is -2.13. The summed E-state index contributed by atoms with van der Waals surface area (Å²) in [6.07, 6.45) is 5.81. The zero-order valence-corrected chi connectivity index (χ0v) is 27.1. The first-order valence-corrected chi connectivity index (χ1v) is 18.1. The number of unbranched alkanes of at least 4 members (excludes halogenated alkanes) is 2. The first kappa shape index (κ1) is 33.1. The summed E-state index contributed by atoms with van der Waals surface area (Å²) in [5.74, 6) is -1.42. The van der Waals surface area contributed by atoms with E-state index >= 15 is 0 Å². The number of anilines is 2. The van der Waals surface area contributed by atoms with Crippen LogP contribution in [0, 0.1) is 0 Å². The van der Waals surface area contributed by atoms with Crippen LogP contribution in [0.3, 0.4) is 0 Å². The second-order valence-electron chi connectivity index (χ2n) is 10.4. The second-order valence-corrected chi connectivity index (χ2v) is 15.1. The van der Waals surface area contributed by atoms with Gasteiger partial charge in [-0.2, -0.15) is 0 Å². The molecule has 4 rings (SSSR count). The minimum Gasteiger partial charge on any atom is -0.478 e. The molecule has 0 unspecified atom stereocenters. The number of sulfonamides is 1. The number of nitrogen functional groups attached to an aromatic ring is 1. The largest absolute Gasteiger partial charge is 0.478 e. The molecule has 0 radical (unpaired) electrons. The molecule has 0 saturated carbocycles. The Balaban J connectivity index is 1.52. The number of aryl methyl sites for hydroxylation is 2. The number of carbonyl (C=O) groups is 1. The summed E-state index contributed by atoms with van der Waals surface area (Å²) in [7, 11) is -7.99. The van der Waals surface area contributed by atoms with Crippen molar-refractivity contribution in [3.05, 3.63) is 102 Å². The van der Waals surface area contributed by atoms with Gasteiger partial charge in [0, 0.05) is 15.5 Å². The molecule has 44 heavy (non-hydrogen) atoms. The van der Waals surface area contributed by atoms with Gasteiger partial charge < -0.3 is 10.8 Å². The molecular weight excluding hydrogens is 617 g/mol. The summed E-state index contributed by atoms with van der Waals surface area (Å²) in [6, 6.07) is 22.5. The molecule has 0 aliphatic carbocycles. The van der Waals surface area contributed by atoms with Crippen molar-refractivity contribution in [3.8, 4) is 0 Å². The first-order valence-electron chi connectivity index (χ1n) is 14.3. The summed E-state index contributed by atoms with van der Waals surface area (Å²) >= 11 is 1.17. The Morgan fingerprint density at radius 1 is 0.750 bits per heavy atom. The monoisotopic (exact) mass is 652 g/mol. The average Bonchev–Trinajstić information content (AvgIpc) is 2.99. The van der Waals surface area contributed by atoms with Crippen molar-refractivity contribution in [2.45, 2.75) is 76.8 Å². The van der Waals surface area contributed by atoms with Crippen molar-refractivity contribution in [2.24, 2.45) is 0 Å². The van der Waals surface area contributed by atoms with Crippen LogP contribution in [-0.4, -0.2) is 27.9 Å². The molecule has 0 aliphatic rings. The minimum absolute atomic E-state index is 0.0298. The lowest BCUT2D eigenvalue weighted by molar-refractivity contribution is 0.0692. The number of aromatic carboxylic acids is 1. The molecular formula is C33H36N2O6S3. The minimum atomic E-state index is -4.21. The van der Waals surface area contributed by atoms with E-state index in [2.05, 4.69) is 18.6 Å². The van der Waals surface area contributed by atoms with Crippen LogP contribution in [-0.2, 0) is 32.7 Å². The van der Waals surface area contributed by atoms with Crippen molar-refractivity contribution >= 4 is 49.0 Å². The van der Waals surface area contributed by atoms with Crippen LogP contribution in [0.1, 0.15) is 61.0 Å². The zero-order chi connectivity index (χ0) is 31.9. The highest BCUT2D eigenvalue weighted by atomic mass is 32.2. The molecule has 0 fully saturated rings. The second kappa shape index (κ2) is 14.3.